The summed E-state index contributed by atoms with van der Waals surface area (Å²) < 4.78 is 0. The van der Waals surface area contributed by atoms with E-state index in [1.807, 2.05) is 18.6 Å². The normalized spacial score (nSPS) is 14.9. The molecule has 0 aliphatic heterocycles. The molecule has 0 aliphatic carbocycles. The van der Waals surface area contributed by atoms with E-state index in [4.69, 9.17) is 0 Å². The fourth-order valence-electron chi connectivity index (χ4n) is 1.56. The molecule has 2 aromatic heterocycles. The van der Waals surface area contributed by atoms with Crippen LogP contribution in [0.15, 0.2) is 17.1 Å². The zero-order chi connectivity index (χ0) is 11.5. The minimum atomic E-state index is 0.280. The van der Waals surface area contributed by atoms with E-state index in [0.29, 0.717) is 6.04 Å². The molecular formula is C11H15N3S2. The van der Waals surface area contributed by atoms with E-state index in [-0.39, 0.29) is 6.04 Å². The number of aromatic nitrogens is 2. The van der Waals surface area contributed by atoms with E-state index < -0.39 is 0 Å². The van der Waals surface area contributed by atoms with Crippen LogP contribution in [0.25, 0.3) is 0 Å². The molecule has 2 aromatic rings. The highest BCUT2D eigenvalue weighted by atomic mass is 32.1. The van der Waals surface area contributed by atoms with Crippen LogP contribution in [0.2, 0.25) is 0 Å². The Hall–Kier alpha value is -0.780. The zero-order valence-corrected chi connectivity index (χ0v) is 11.2. The van der Waals surface area contributed by atoms with Crippen molar-refractivity contribution in [2.75, 3.05) is 0 Å². The molecule has 0 fully saturated rings. The van der Waals surface area contributed by atoms with Crippen LogP contribution in [-0.4, -0.2) is 9.97 Å². The summed E-state index contributed by atoms with van der Waals surface area (Å²) in [4.78, 5) is 9.84. The lowest BCUT2D eigenvalue weighted by Gasteiger charge is -2.17. The highest BCUT2D eigenvalue weighted by molar-refractivity contribution is 7.09. The maximum atomic E-state index is 4.49. The predicted molar refractivity (Wildman–Crippen MR) is 68.9 cm³/mol. The lowest BCUT2D eigenvalue weighted by atomic mass is 10.2. The van der Waals surface area contributed by atoms with Gasteiger partial charge in [-0.1, -0.05) is 0 Å². The summed E-state index contributed by atoms with van der Waals surface area (Å²) in [7, 11) is 0. The van der Waals surface area contributed by atoms with Crippen LogP contribution in [0.5, 0.6) is 0 Å². The molecule has 5 heteroatoms. The highest BCUT2D eigenvalue weighted by Gasteiger charge is 2.13. The van der Waals surface area contributed by atoms with Gasteiger partial charge < -0.3 is 5.32 Å². The molecule has 1 N–H and O–H groups in total. The number of aryl methyl sites for hydroxylation is 1. The molecular weight excluding hydrogens is 238 g/mol. The van der Waals surface area contributed by atoms with Crippen molar-refractivity contribution in [2.24, 2.45) is 0 Å². The Balaban J connectivity index is 2.00. The van der Waals surface area contributed by atoms with E-state index in [2.05, 4.69) is 34.5 Å². The average molecular weight is 253 g/mol. The Bertz CT molecular complexity index is 436. The molecule has 2 heterocycles. The Morgan fingerprint density at radius 3 is 2.62 bits per heavy atom. The van der Waals surface area contributed by atoms with Crippen molar-refractivity contribution in [1.82, 2.24) is 15.3 Å². The maximum Gasteiger partial charge on any atom is 0.0898 e. The van der Waals surface area contributed by atoms with E-state index in [1.165, 1.54) is 4.88 Å². The van der Waals surface area contributed by atoms with Crippen LogP contribution in [0.3, 0.4) is 0 Å². The number of hydrogen-bond acceptors (Lipinski definition) is 5. The van der Waals surface area contributed by atoms with Gasteiger partial charge in [-0.2, -0.15) is 0 Å². The predicted octanol–water partition coefficient (Wildman–Crippen LogP) is 3.32. The van der Waals surface area contributed by atoms with Crippen LogP contribution in [0, 0.1) is 6.92 Å². The maximum absolute atomic E-state index is 4.49. The number of thiazole rings is 2. The zero-order valence-electron chi connectivity index (χ0n) is 9.60. The summed E-state index contributed by atoms with van der Waals surface area (Å²) in [5.74, 6) is 0. The molecule has 0 aromatic carbocycles. The third-order valence-corrected chi connectivity index (χ3v) is 4.21. The Labute approximate surface area is 104 Å². The van der Waals surface area contributed by atoms with Crippen LogP contribution in [-0.2, 0) is 0 Å². The second-order valence-electron chi connectivity index (χ2n) is 3.81. The lowest BCUT2D eigenvalue weighted by Crippen LogP contribution is -2.22. The van der Waals surface area contributed by atoms with Crippen LogP contribution in [0.1, 0.15) is 41.5 Å². The smallest absolute Gasteiger partial charge is 0.0898 e. The van der Waals surface area contributed by atoms with E-state index in [9.17, 15) is 0 Å². The molecule has 0 saturated carbocycles. The Morgan fingerprint density at radius 2 is 2.06 bits per heavy atom. The summed E-state index contributed by atoms with van der Waals surface area (Å²) in [6.45, 7) is 6.34. The number of rotatable bonds is 4. The quantitative estimate of drug-likeness (QED) is 0.908. The minimum Gasteiger partial charge on any atom is -0.301 e. The Morgan fingerprint density at radius 1 is 1.25 bits per heavy atom. The number of nitrogens with one attached hydrogen (secondary N) is 1. The SMILES string of the molecule is Cc1nc(C(C)NC(C)c2cncs2)cs1. The third-order valence-electron chi connectivity index (χ3n) is 2.46. The first-order valence-electron chi connectivity index (χ1n) is 5.23. The van der Waals surface area contributed by atoms with Gasteiger partial charge in [-0.3, -0.25) is 4.98 Å². The van der Waals surface area contributed by atoms with Gasteiger partial charge in [-0.25, -0.2) is 4.98 Å². The Kier molecular flexibility index (Phi) is 3.68. The molecule has 0 saturated heterocycles. The van der Waals surface area contributed by atoms with Crippen LogP contribution >= 0.6 is 22.7 Å². The molecule has 0 bridgehead atoms. The van der Waals surface area contributed by atoms with Gasteiger partial charge in [0.15, 0.2) is 0 Å². The first-order valence-corrected chi connectivity index (χ1v) is 6.99. The first kappa shape index (κ1) is 11.7. The second-order valence-corrected chi connectivity index (χ2v) is 5.79. The van der Waals surface area contributed by atoms with Gasteiger partial charge in [0.05, 0.1) is 16.2 Å². The molecule has 0 spiro atoms. The average Bonchev–Trinajstić information content (AvgIpc) is 2.87. The van der Waals surface area contributed by atoms with Gasteiger partial charge in [0.2, 0.25) is 0 Å². The topological polar surface area (TPSA) is 37.8 Å². The molecule has 16 heavy (non-hydrogen) atoms. The molecule has 0 radical (unpaired) electrons. The van der Waals surface area contributed by atoms with Crippen molar-refractivity contribution in [3.63, 3.8) is 0 Å². The van der Waals surface area contributed by atoms with E-state index in [1.54, 1.807) is 22.7 Å². The van der Waals surface area contributed by atoms with Crippen LogP contribution < -0.4 is 5.32 Å². The van der Waals surface area contributed by atoms with E-state index in [0.717, 1.165) is 10.7 Å². The van der Waals surface area contributed by atoms with Gasteiger partial charge >= 0.3 is 0 Å². The molecule has 0 aliphatic rings. The molecule has 2 rings (SSSR count). The molecule has 3 nitrogen and oxygen atoms in total. The standard InChI is InChI=1S/C11H15N3S2/c1-7(10-5-15-9(3)14-10)13-8(2)11-4-12-6-16-11/h4-8,13H,1-3H3. The minimum absolute atomic E-state index is 0.280. The molecule has 86 valence electrons. The van der Waals surface area contributed by atoms with Crippen molar-refractivity contribution in [1.29, 1.82) is 0 Å². The van der Waals surface area contributed by atoms with Crippen molar-refractivity contribution >= 4 is 22.7 Å². The van der Waals surface area contributed by atoms with Crippen molar-refractivity contribution in [3.05, 3.63) is 32.7 Å². The van der Waals surface area contributed by atoms with Crippen LogP contribution in [0.4, 0.5) is 0 Å². The molecule has 2 atom stereocenters. The van der Waals surface area contributed by atoms with Crippen molar-refractivity contribution in [3.8, 4) is 0 Å². The fourth-order valence-corrected chi connectivity index (χ4v) is 2.90. The lowest BCUT2D eigenvalue weighted by molar-refractivity contribution is 0.492. The summed E-state index contributed by atoms with van der Waals surface area (Å²) in [6.07, 6.45) is 1.92. The van der Waals surface area contributed by atoms with Crippen molar-refractivity contribution < 1.29 is 0 Å². The van der Waals surface area contributed by atoms with Crippen molar-refractivity contribution in [2.45, 2.75) is 32.9 Å². The summed E-state index contributed by atoms with van der Waals surface area (Å²) in [5, 5.41) is 6.76. The first-order chi connectivity index (χ1) is 7.66. The fraction of sp³-hybridized carbons (Fsp3) is 0.455. The monoisotopic (exact) mass is 253 g/mol. The summed E-state index contributed by atoms with van der Waals surface area (Å²) in [6, 6.07) is 0.603. The summed E-state index contributed by atoms with van der Waals surface area (Å²) in [5.41, 5.74) is 2.99. The molecule has 2 unspecified atom stereocenters. The molecule has 0 amide bonds. The van der Waals surface area contributed by atoms with Gasteiger partial charge in [-0.15, -0.1) is 22.7 Å². The van der Waals surface area contributed by atoms with Gasteiger partial charge in [0.25, 0.3) is 0 Å². The van der Waals surface area contributed by atoms with Gasteiger partial charge in [-0.05, 0) is 20.8 Å². The van der Waals surface area contributed by atoms with Gasteiger partial charge in [0, 0.05) is 28.5 Å². The number of hydrogen-bond donors (Lipinski definition) is 1. The van der Waals surface area contributed by atoms with E-state index >= 15 is 0 Å². The van der Waals surface area contributed by atoms with Gasteiger partial charge in [0.1, 0.15) is 0 Å². The highest BCUT2D eigenvalue weighted by Crippen LogP contribution is 2.22. The number of nitrogens with zero attached hydrogens (tertiary/aromatic N) is 2. The second kappa shape index (κ2) is 5.03. The largest absolute Gasteiger partial charge is 0.301 e. The third kappa shape index (κ3) is 2.66. The summed E-state index contributed by atoms with van der Waals surface area (Å²) >= 11 is 3.38.